The molecule has 66 heavy (non-hydrogen) atoms. The van der Waals surface area contributed by atoms with Crippen LogP contribution in [0.5, 0.6) is 0 Å². The lowest BCUT2D eigenvalue weighted by Gasteiger charge is -2.17. The Morgan fingerprint density at radius 2 is 0.818 bits per heavy atom. The molecule has 0 radical (unpaired) electrons. The van der Waals surface area contributed by atoms with Gasteiger partial charge in [0.15, 0.2) is 0 Å². The first-order valence-corrected chi connectivity index (χ1v) is 27.3. The van der Waals surface area contributed by atoms with E-state index < -0.39 is 15.2 Å². The maximum Gasteiger partial charge on any atom is 0.335 e. The Balaban J connectivity index is 1.57. The van der Waals surface area contributed by atoms with Gasteiger partial charge < -0.3 is 28.1 Å². The van der Waals surface area contributed by atoms with Crippen LogP contribution in [0.2, 0.25) is 0 Å². The number of aromatic nitrogens is 4. The van der Waals surface area contributed by atoms with E-state index >= 15 is 0 Å². The normalized spacial score (nSPS) is 13.4. The van der Waals surface area contributed by atoms with Crippen LogP contribution in [0.15, 0.2) is 60.7 Å². The van der Waals surface area contributed by atoms with Crippen LogP contribution in [0.4, 0.5) is 0 Å². The average molecular weight is 931 g/mol. The van der Waals surface area contributed by atoms with Crippen molar-refractivity contribution in [3.63, 3.8) is 0 Å². The molecule has 0 fully saturated rings. The SMILES string of the molecule is CCOP(=O)(Cc1ccc(-c2c3nc(cc4[nH]c(c(C)c4CC)c(-c4ccc(CP(=O)(OCC)OCC)cc4)c4nc(cc5[nH]c2c(C)c5CC)C(C)=C4CC)C(C)=C3CC)cc1)OCC. The zero-order valence-electron chi connectivity index (χ0n) is 41.1. The molecule has 2 aliphatic rings. The summed E-state index contributed by atoms with van der Waals surface area (Å²) in [4.78, 5) is 19.0. The van der Waals surface area contributed by atoms with E-state index in [0.717, 1.165) is 115 Å². The lowest BCUT2D eigenvalue weighted by molar-refractivity contribution is 0.218. The maximum absolute atomic E-state index is 13.6. The number of hydrogen-bond acceptors (Lipinski definition) is 8. The molecular formula is C54H68N4O6P2. The number of benzene rings is 2. The molecule has 0 amide bonds. The van der Waals surface area contributed by atoms with Gasteiger partial charge in [0.2, 0.25) is 0 Å². The summed E-state index contributed by atoms with van der Waals surface area (Å²) < 4.78 is 49.8. The van der Waals surface area contributed by atoms with E-state index in [4.69, 9.17) is 28.1 Å². The predicted molar refractivity (Wildman–Crippen MR) is 275 cm³/mol. The Bertz CT molecular complexity index is 2740. The van der Waals surface area contributed by atoms with Crippen LogP contribution in [0.1, 0.15) is 138 Å². The van der Waals surface area contributed by atoms with Gasteiger partial charge in [0.1, 0.15) is 0 Å². The van der Waals surface area contributed by atoms with Crippen LogP contribution in [-0.4, -0.2) is 46.4 Å². The lowest BCUT2D eigenvalue weighted by atomic mass is 9.94. The fourth-order valence-corrected chi connectivity index (χ4v) is 13.3. The first-order chi connectivity index (χ1) is 31.7. The second kappa shape index (κ2) is 20.7. The predicted octanol–water partition coefficient (Wildman–Crippen LogP) is 15.6. The standard InChI is InChI=1S/C54H68N4O6P2/c1-13-41-35(11)51-49(39-25-21-37(22-26-39)31-65(59,61-17-5)62-18-6)53-44(16-4)34(10)46(56-53)30-48-42(14-2)36(12)52(58-48)50(54-43(15-3)33(9)45(55-54)29-47(41)57-51)40-27-23-38(24-28-40)32-66(60,63-19-7)64-20-8/h21-30,57-58H,13-20,31-32H2,1-12H3. The van der Waals surface area contributed by atoms with Crippen LogP contribution < -0.4 is 0 Å². The third-order valence-corrected chi connectivity index (χ3v) is 17.1. The van der Waals surface area contributed by atoms with Crippen LogP contribution in [0.3, 0.4) is 0 Å². The summed E-state index contributed by atoms with van der Waals surface area (Å²) in [6, 6.07) is 21.1. The van der Waals surface area contributed by atoms with Gasteiger partial charge in [0.05, 0.1) is 72.6 Å². The molecule has 2 N–H and O–H groups in total. The first-order valence-electron chi connectivity index (χ1n) is 23.9. The summed E-state index contributed by atoms with van der Waals surface area (Å²) in [5, 5.41) is 0. The molecule has 0 aliphatic carbocycles. The molecule has 10 nitrogen and oxygen atoms in total. The van der Waals surface area contributed by atoms with Crippen LogP contribution >= 0.6 is 15.2 Å². The first kappa shape index (κ1) is 49.3. The fraction of sp³-hybridized carbons (Fsp3) is 0.407. The molecule has 12 heteroatoms. The summed E-state index contributed by atoms with van der Waals surface area (Å²) in [7, 11) is -6.60. The minimum atomic E-state index is -3.30. The molecule has 2 aromatic carbocycles. The zero-order chi connectivity index (χ0) is 47.5. The highest BCUT2D eigenvalue weighted by Crippen LogP contribution is 2.53. The van der Waals surface area contributed by atoms with E-state index in [9.17, 15) is 9.13 Å². The maximum atomic E-state index is 13.6. The average Bonchev–Trinajstić information content (AvgIpc) is 3.98. The number of rotatable bonds is 18. The summed E-state index contributed by atoms with van der Waals surface area (Å²) in [6.07, 6.45) is 3.61. The van der Waals surface area contributed by atoms with Crippen molar-refractivity contribution in [2.24, 2.45) is 0 Å². The molecule has 0 saturated heterocycles. The summed E-state index contributed by atoms with van der Waals surface area (Å²) in [6.45, 7) is 26.2. The smallest absolute Gasteiger partial charge is 0.335 e. The van der Waals surface area contributed by atoms with Gasteiger partial charge >= 0.3 is 15.2 Å². The number of allylic oxidation sites excluding steroid dienone is 4. The number of aryl methyl sites for hydroxylation is 4. The number of nitrogens with one attached hydrogen (secondary N) is 2. The van der Waals surface area contributed by atoms with Crippen molar-refractivity contribution < 1.29 is 27.2 Å². The van der Waals surface area contributed by atoms with E-state index in [1.54, 1.807) is 0 Å². The largest absolute Gasteiger partial charge is 0.354 e. The Morgan fingerprint density at radius 1 is 0.485 bits per heavy atom. The van der Waals surface area contributed by atoms with Crippen molar-refractivity contribution >= 4 is 59.6 Å². The van der Waals surface area contributed by atoms with Gasteiger partial charge in [-0.15, -0.1) is 0 Å². The van der Waals surface area contributed by atoms with Gasteiger partial charge in [-0.3, -0.25) is 9.13 Å². The summed E-state index contributed by atoms with van der Waals surface area (Å²) >= 11 is 0. The minimum absolute atomic E-state index is 0.194. The molecule has 0 saturated carbocycles. The number of aromatic amines is 2. The third kappa shape index (κ3) is 9.56. The highest BCUT2D eigenvalue weighted by atomic mass is 31.2. The van der Waals surface area contributed by atoms with Crippen molar-refractivity contribution in [2.75, 3.05) is 26.4 Å². The molecule has 0 atom stereocenters. The fourth-order valence-electron chi connectivity index (χ4n) is 9.86. The number of fused-ring (bicyclic) bond motifs is 8. The van der Waals surface area contributed by atoms with Crippen molar-refractivity contribution in [2.45, 2.75) is 121 Å². The second-order valence-electron chi connectivity index (χ2n) is 17.0. The third-order valence-electron chi connectivity index (χ3n) is 13.0. The topological polar surface area (TPSA) is 128 Å². The minimum Gasteiger partial charge on any atom is -0.354 e. The lowest BCUT2D eigenvalue weighted by Crippen LogP contribution is -1.99. The van der Waals surface area contributed by atoms with Gasteiger partial charge in [-0.05, 0) is 160 Å². The molecule has 2 aliphatic heterocycles. The molecule has 7 rings (SSSR count). The second-order valence-corrected chi connectivity index (χ2v) is 21.1. The molecule has 350 valence electrons. The van der Waals surface area contributed by atoms with E-state index in [1.807, 2.05) is 52.0 Å². The molecule has 0 spiro atoms. The van der Waals surface area contributed by atoms with Crippen molar-refractivity contribution in [3.05, 3.63) is 117 Å². The Kier molecular flexibility index (Phi) is 15.4. The molecule has 0 unspecified atom stereocenters. The van der Waals surface area contributed by atoms with Gasteiger partial charge in [-0.1, -0.05) is 76.2 Å². The van der Waals surface area contributed by atoms with Gasteiger partial charge in [-0.25, -0.2) is 9.97 Å². The van der Waals surface area contributed by atoms with E-state index in [2.05, 4.69) is 102 Å². The molecule has 8 bridgehead atoms. The highest BCUT2D eigenvalue weighted by molar-refractivity contribution is 7.53. The van der Waals surface area contributed by atoms with Crippen molar-refractivity contribution in [1.29, 1.82) is 0 Å². The number of hydrogen-bond donors (Lipinski definition) is 2. The van der Waals surface area contributed by atoms with Crippen LogP contribution in [-0.2, 0) is 52.4 Å². The highest BCUT2D eigenvalue weighted by Gasteiger charge is 2.28. The van der Waals surface area contributed by atoms with Crippen LogP contribution in [0.25, 0.3) is 66.6 Å². The summed E-state index contributed by atoms with van der Waals surface area (Å²) in [5.41, 5.74) is 23.1. The number of H-pyrrole nitrogens is 2. The number of nitrogens with zero attached hydrogens (tertiary/aromatic N) is 2. The zero-order valence-corrected chi connectivity index (χ0v) is 42.9. The van der Waals surface area contributed by atoms with Gasteiger partial charge in [0.25, 0.3) is 0 Å². The van der Waals surface area contributed by atoms with Crippen molar-refractivity contribution in [3.8, 4) is 22.3 Å². The molecule has 5 aromatic rings. The van der Waals surface area contributed by atoms with Crippen LogP contribution in [0, 0.1) is 13.8 Å². The Hall–Kier alpha value is -4.66. The molecular weight excluding hydrogens is 863 g/mol. The Morgan fingerprint density at radius 3 is 1.11 bits per heavy atom. The van der Waals surface area contributed by atoms with Gasteiger partial charge in [-0.2, -0.15) is 0 Å². The molecule has 5 heterocycles. The quantitative estimate of drug-likeness (QED) is 0.0832. The van der Waals surface area contributed by atoms with E-state index in [-0.39, 0.29) is 12.3 Å². The molecule has 3 aromatic heterocycles. The summed E-state index contributed by atoms with van der Waals surface area (Å²) in [5.74, 6) is 0. The monoisotopic (exact) mass is 930 g/mol. The van der Waals surface area contributed by atoms with Crippen molar-refractivity contribution in [1.82, 2.24) is 19.9 Å². The van der Waals surface area contributed by atoms with E-state index in [1.165, 1.54) is 33.4 Å². The van der Waals surface area contributed by atoms with E-state index in [0.29, 0.717) is 26.4 Å². The van der Waals surface area contributed by atoms with Gasteiger partial charge in [0, 0.05) is 22.2 Å². The Labute approximate surface area is 391 Å².